The third-order valence-corrected chi connectivity index (χ3v) is 5.02. The van der Waals surface area contributed by atoms with Crippen LogP contribution >= 0.6 is 0 Å². The summed E-state index contributed by atoms with van der Waals surface area (Å²) in [5, 5.41) is 14.9. The highest BCUT2D eigenvalue weighted by Crippen LogP contribution is 2.37. The van der Waals surface area contributed by atoms with Crippen LogP contribution in [0.2, 0.25) is 0 Å². The average Bonchev–Trinajstić information content (AvgIpc) is 2.67. The van der Waals surface area contributed by atoms with Crippen LogP contribution in [0.5, 0.6) is 0 Å². The maximum absolute atomic E-state index is 10.1. The van der Waals surface area contributed by atoms with Crippen LogP contribution in [0.1, 0.15) is 75.6 Å². The largest absolute Gasteiger partial charge is 0.388 e. The van der Waals surface area contributed by atoms with E-state index in [1.807, 2.05) is 13.8 Å². The van der Waals surface area contributed by atoms with Crippen LogP contribution in [0.25, 0.3) is 0 Å². The molecular weight excluding hydrogens is 236 g/mol. The Bertz CT molecular complexity index is 438. The molecule has 0 aromatic carbocycles. The van der Waals surface area contributed by atoms with Crippen LogP contribution in [0, 0.1) is 25.7 Å². The smallest absolute Gasteiger partial charge is 0.0823 e. The lowest BCUT2D eigenvalue weighted by Gasteiger charge is -2.32. The highest BCUT2D eigenvalue weighted by molar-refractivity contribution is 5.27. The predicted molar refractivity (Wildman–Crippen MR) is 78.2 cm³/mol. The van der Waals surface area contributed by atoms with E-state index in [9.17, 15) is 5.11 Å². The Hall–Kier alpha value is -0.830. The van der Waals surface area contributed by atoms with E-state index in [2.05, 4.69) is 25.5 Å². The van der Waals surface area contributed by atoms with Gasteiger partial charge in [-0.15, -0.1) is 0 Å². The summed E-state index contributed by atoms with van der Waals surface area (Å²) in [5.74, 6) is 1.59. The van der Waals surface area contributed by atoms with Gasteiger partial charge in [0.2, 0.25) is 0 Å². The zero-order valence-corrected chi connectivity index (χ0v) is 13.0. The lowest BCUT2D eigenvalue weighted by atomic mass is 9.79. The standard InChI is InChI=1S/C16H28N2O/c1-6-15(19)16-12(4)17-18(13(16)5)14-8-7-10(2)11(3)9-14/h10-11,14-15,19H,6-9H2,1-5H3. The van der Waals surface area contributed by atoms with Crippen molar-refractivity contribution in [1.29, 1.82) is 0 Å². The van der Waals surface area contributed by atoms with E-state index >= 15 is 0 Å². The molecule has 1 aromatic rings. The molecule has 0 bridgehead atoms. The molecular formula is C16H28N2O. The summed E-state index contributed by atoms with van der Waals surface area (Å²) in [5.41, 5.74) is 3.21. The first-order valence-electron chi connectivity index (χ1n) is 7.69. The Morgan fingerprint density at radius 3 is 2.53 bits per heavy atom. The quantitative estimate of drug-likeness (QED) is 0.898. The highest BCUT2D eigenvalue weighted by atomic mass is 16.3. The van der Waals surface area contributed by atoms with Gasteiger partial charge in [-0.3, -0.25) is 4.68 Å². The second-order valence-electron chi connectivity index (χ2n) is 6.37. The molecule has 3 nitrogen and oxygen atoms in total. The van der Waals surface area contributed by atoms with Gasteiger partial charge in [0.05, 0.1) is 17.8 Å². The number of rotatable bonds is 3. The summed E-state index contributed by atoms with van der Waals surface area (Å²) in [6, 6.07) is 0.516. The molecule has 19 heavy (non-hydrogen) atoms. The maximum Gasteiger partial charge on any atom is 0.0823 e. The molecule has 0 spiro atoms. The molecule has 0 amide bonds. The van der Waals surface area contributed by atoms with Gasteiger partial charge >= 0.3 is 0 Å². The number of nitrogens with zero attached hydrogens (tertiary/aromatic N) is 2. The highest BCUT2D eigenvalue weighted by Gasteiger charge is 2.28. The normalized spacial score (nSPS) is 29.5. The summed E-state index contributed by atoms with van der Waals surface area (Å²) in [6.45, 7) is 10.9. The molecule has 1 fully saturated rings. The number of aromatic nitrogens is 2. The fraction of sp³-hybridized carbons (Fsp3) is 0.812. The number of aliphatic hydroxyl groups is 1. The van der Waals surface area contributed by atoms with Crippen LogP contribution in [-0.4, -0.2) is 14.9 Å². The summed E-state index contributed by atoms with van der Waals surface area (Å²) in [4.78, 5) is 0. The molecule has 0 aliphatic heterocycles. The molecule has 2 rings (SSSR count). The minimum absolute atomic E-state index is 0.367. The van der Waals surface area contributed by atoms with Crippen molar-refractivity contribution in [3.8, 4) is 0 Å². The Kier molecular flexibility index (Phi) is 4.34. The minimum atomic E-state index is -0.367. The molecule has 3 heteroatoms. The van der Waals surface area contributed by atoms with Gasteiger partial charge in [0, 0.05) is 11.3 Å². The predicted octanol–water partition coefficient (Wildman–Crippen LogP) is 3.94. The van der Waals surface area contributed by atoms with Crippen LogP contribution in [-0.2, 0) is 0 Å². The molecule has 0 saturated heterocycles. The van der Waals surface area contributed by atoms with Crippen LogP contribution < -0.4 is 0 Å². The molecule has 1 aliphatic carbocycles. The van der Waals surface area contributed by atoms with Crippen molar-refractivity contribution in [3.05, 3.63) is 17.0 Å². The van der Waals surface area contributed by atoms with E-state index in [-0.39, 0.29) is 6.10 Å². The minimum Gasteiger partial charge on any atom is -0.388 e. The lowest BCUT2D eigenvalue weighted by molar-refractivity contribution is 0.171. The zero-order valence-electron chi connectivity index (χ0n) is 13.0. The van der Waals surface area contributed by atoms with Gasteiger partial charge in [0.15, 0.2) is 0 Å². The Morgan fingerprint density at radius 1 is 1.26 bits per heavy atom. The van der Waals surface area contributed by atoms with E-state index < -0.39 is 0 Å². The topological polar surface area (TPSA) is 38.1 Å². The third kappa shape index (κ3) is 2.71. The van der Waals surface area contributed by atoms with Crippen LogP contribution in [0.3, 0.4) is 0 Å². The van der Waals surface area contributed by atoms with E-state index in [1.165, 1.54) is 25.0 Å². The summed E-state index contributed by atoms with van der Waals surface area (Å²) in [6.07, 6.45) is 4.11. The van der Waals surface area contributed by atoms with Gasteiger partial charge in [0.1, 0.15) is 0 Å². The van der Waals surface area contributed by atoms with E-state index in [0.29, 0.717) is 6.04 Å². The molecule has 108 valence electrons. The summed E-state index contributed by atoms with van der Waals surface area (Å²) >= 11 is 0. The zero-order chi connectivity index (χ0) is 14.2. The number of aliphatic hydroxyl groups excluding tert-OH is 1. The first-order chi connectivity index (χ1) is 8.95. The van der Waals surface area contributed by atoms with Crippen molar-refractivity contribution in [2.75, 3.05) is 0 Å². The number of hydrogen-bond acceptors (Lipinski definition) is 2. The molecule has 0 radical (unpaired) electrons. The Morgan fingerprint density at radius 2 is 1.95 bits per heavy atom. The van der Waals surface area contributed by atoms with Crippen LogP contribution in [0.4, 0.5) is 0 Å². The third-order valence-electron chi connectivity index (χ3n) is 5.02. The summed E-state index contributed by atoms with van der Waals surface area (Å²) < 4.78 is 2.19. The van der Waals surface area contributed by atoms with Crippen molar-refractivity contribution in [1.82, 2.24) is 9.78 Å². The fourth-order valence-electron chi connectivity index (χ4n) is 3.46. The number of hydrogen-bond donors (Lipinski definition) is 1. The first kappa shape index (κ1) is 14.6. The van der Waals surface area contributed by atoms with Crippen molar-refractivity contribution in [3.63, 3.8) is 0 Å². The fourth-order valence-corrected chi connectivity index (χ4v) is 3.46. The van der Waals surface area contributed by atoms with E-state index in [4.69, 9.17) is 5.10 Å². The average molecular weight is 264 g/mol. The van der Waals surface area contributed by atoms with Crippen molar-refractivity contribution >= 4 is 0 Å². The van der Waals surface area contributed by atoms with Gasteiger partial charge in [-0.1, -0.05) is 20.8 Å². The van der Waals surface area contributed by atoms with Gasteiger partial charge in [-0.2, -0.15) is 5.10 Å². The van der Waals surface area contributed by atoms with E-state index in [0.717, 1.165) is 29.5 Å². The van der Waals surface area contributed by atoms with E-state index in [1.54, 1.807) is 0 Å². The molecule has 4 atom stereocenters. The van der Waals surface area contributed by atoms with Gasteiger partial charge in [0.25, 0.3) is 0 Å². The van der Waals surface area contributed by atoms with Gasteiger partial charge in [-0.05, 0) is 51.4 Å². The second kappa shape index (κ2) is 5.66. The molecule has 1 aromatic heterocycles. The van der Waals surface area contributed by atoms with Crippen molar-refractivity contribution in [2.45, 2.75) is 72.4 Å². The molecule has 1 saturated carbocycles. The molecule has 1 heterocycles. The lowest BCUT2D eigenvalue weighted by Crippen LogP contribution is -2.24. The number of aryl methyl sites for hydroxylation is 1. The van der Waals surface area contributed by atoms with Crippen molar-refractivity contribution in [2.24, 2.45) is 11.8 Å². The molecule has 1 N–H and O–H groups in total. The maximum atomic E-state index is 10.1. The van der Waals surface area contributed by atoms with Gasteiger partial charge < -0.3 is 5.11 Å². The first-order valence-corrected chi connectivity index (χ1v) is 7.69. The Balaban J connectivity index is 2.26. The molecule has 1 aliphatic rings. The van der Waals surface area contributed by atoms with Gasteiger partial charge in [-0.25, -0.2) is 0 Å². The monoisotopic (exact) mass is 264 g/mol. The SMILES string of the molecule is CCC(O)c1c(C)nn(C2CCC(C)C(C)C2)c1C. The molecule has 4 unspecified atom stereocenters. The van der Waals surface area contributed by atoms with Crippen LogP contribution in [0.15, 0.2) is 0 Å². The summed E-state index contributed by atoms with van der Waals surface area (Å²) in [7, 11) is 0. The second-order valence-corrected chi connectivity index (χ2v) is 6.37. The Labute approximate surface area is 117 Å². The van der Waals surface area contributed by atoms with Crippen molar-refractivity contribution < 1.29 is 5.11 Å².